The summed E-state index contributed by atoms with van der Waals surface area (Å²) in [5.41, 5.74) is 5.39. The lowest BCUT2D eigenvalue weighted by Crippen LogP contribution is -2.33. The van der Waals surface area contributed by atoms with Crippen molar-refractivity contribution in [1.29, 1.82) is 0 Å². The lowest BCUT2D eigenvalue weighted by molar-refractivity contribution is -0.121. The molecule has 4 nitrogen and oxygen atoms in total. The summed E-state index contributed by atoms with van der Waals surface area (Å²) >= 11 is 0. The van der Waals surface area contributed by atoms with Crippen molar-refractivity contribution in [2.24, 2.45) is 5.73 Å². The third-order valence-electron chi connectivity index (χ3n) is 4.95. The summed E-state index contributed by atoms with van der Waals surface area (Å²) in [6.07, 6.45) is 21.1. The highest BCUT2D eigenvalue weighted by atomic mass is 16.1. The van der Waals surface area contributed by atoms with Gasteiger partial charge in [-0.1, -0.05) is 96.8 Å². The van der Waals surface area contributed by atoms with Gasteiger partial charge in [-0.25, -0.2) is 0 Å². The Bertz CT molecular complexity index is 285. The lowest BCUT2D eigenvalue weighted by atomic mass is 10.0. The van der Waals surface area contributed by atoms with Gasteiger partial charge in [0, 0.05) is 32.6 Å². The molecule has 0 aliphatic rings. The van der Waals surface area contributed by atoms with E-state index in [9.17, 15) is 4.79 Å². The first-order valence-electron chi connectivity index (χ1n) is 11.5. The fourth-order valence-corrected chi connectivity index (χ4v) is 3.26. The molecule has 0 aliphatic carbocycles. The van der Waals surface area contributed by atoms with E-state index >= 15 is 0 Å². The third-order valence-corrected chi connectivity index (χ3v) is 4.95. The predicted molar refractivity (Wildman–Crippen MR) is 114 cm³/mol. The van der Waals surface area contributed by atoms with E-state index in [1.807, 2.05) is 0 Å². The average Bonchev–Trinajstić information content (AvgIpc) is 2.64. The van der Waals surface area contributed by atoms with Crippen LogP contribution in [0.4, 0.5) is 0 Å². The molecule has 0 saturated carbocycles. The first kappa shape index (κ1) is 25.4. The van der Waals surface area contributed by atoms with E-state index in [4.69, 9.17) is 5.73 Å². The van der Waals surface area contributed by atoms with Gasteiger partial charge in [0.2, 0.25) is 5.91 Å². The fraction of sp³-hybridized carbons (Fsp3) is 0.955. The Morgan fingerprint density at radius 2 is 1.12 bits per heavy atom. The Kier molecular flexibility index (Phi) is 21.9. The van der Waals surface area contributed by atoms with E-state index < -0.39 is 0 Å². The molecule has 0 atom stereocenters. The quantitative estimate of drug-likeness (QED) is 0.252. The van der Waals surface area contributed by atoms with Crippen LogP contribution < -0.4 is 16.4 Å². The Morgan fingerprint density at radius 3 is 1.58 bits per heavy atom. The maximum atomic E-state index is 11.6. The summed E-state index contributed by atoms with van der Waals surface area (Å²) < 4.78 is 0. The van der Waals surface area contributed by atoms with E-state index in [1.54, 1.807) is 0 Å². The first-order valence-corrected chi connectivity index (χ1v) is 11.5. The van der Waals surface area contributed by atoms with Gasteiger partial charge >= 0.3 is 0 Å². The molecule has 4 N–H and O–H groups in total. The van der Waals surface area contributed by atoms with Crippen LogP contribution in [0.5, 0.6) is 0 Å². The number of nitrogens with two attached hydrogens (primary N) is 1. The number of hydrogen-bond acceptors (Lipinski definition) is 3. The fourth-order valence-electron chi connectivity index (χ4n) is 3.26. The molecule has 0 heterocycles. The molecule has 1 amide bonds. The zero-order valence-corrected chi connectivity index (χ0v) is 17.6. The van der Waals surface area contributed by atoms with E-state index in [0.717, 1.165) is 19.5 Å². The second-order valence-corrected chi connectivity index (χ2v) is 7.59. The van der Waals surface area contributed by atoms with E-state index in [1.165, 1.54) is 89.9 Å². The van der Waals surface area contributed by atoms with Crippen LogP contribution in [0.25, 0.3) is 0 Å². The molecule has 0 bridgehead atoms. The second kappa shape index (κ2) is 22.4. The SMILES string of the molecule is CCCCCCCCCCCCCCCCCC(=O)NCCNCCN. The Labute approximate surface area is 163 Å². The number of amides is 1. The van der Waals surface area contributed by atoms with Crippen molar-refractivity contribution >= 4 is 5.91 Å². The molecule has 156 valence electrons. The predicted octanol–water partition coefficient (Wildman–Crippen LogP) is 4.91. The van der Waals surface area contributed by atoms with Crippen molar-refractivity contribution < 1.29 is 4.79 Å². The maximum Gasteiger partial charge on any atom is 0.220 e. The number of unbranched alkanes of at least 4 members (excludes halogenated alkanes) is 14. The monoisotopic (exact) mass is 369 g/mol. The minimum Gasteiger partial charge on any atom is -0.355 e. The van der Waals surface area contributed by atoms with Gasteiger partial charge in [0.15, 0.2) is 0 Å². The Hall–Kier alpha value is -0.610. The smallest absolute Gasteiger partial charge is 0.220 e. The Morgan fingerprint density at radius 1 is 0.654 bits per heavy atom. The lowest BCUT2D eigenvalue weighted by Gasteiger charge is -2.06. The number of rotatable bonds is 21. The van der Waals surface area contributed by atoms with Crippen molar-refractivity contribution in [2.75, 3.05) is 26.2 Å². The van der Waals surface area contributed by atoms with Gasteiger partial charge in [-0.3, -0.25) is 4.79 Å². The van der Waals surface area contributed by atoms with Crippen LogP contribution in [0.3, 0.4) is 0 Å². The zero-order valence-electron chi connectivity index (χ0n) is 17.6. The van der Waals surface area contributed by atoms with Crippen LogP contribution in [-0.2, 0) is 4.79 Å². The number of carbonyl (C=O) groups excluding carboxylic acids is 1. The van der Waals surface area contributed by atoms with Gasteiger partial charge in [-0.05, 0) is 6.42 Å². The van der Waals surface area contributed by atoms with E-state index in [-0.39, 0.29) is 5.91 Å². The van der Waals surface area contributed by atoms with Crippen molar-refractivity contribution in [3.63, 3.8) is 0 Å². The zero-order chi connectivity index (χ0) is 19.1. The van der Waals surface area contributed by atoms with Crippen LogP contribution in [-0.4, -0.2) is 32.1 Å². The average molecular weight is 370 g/mol. The van der Waals surface area contributed by atoms with Crippen molar-refractivity contribution in [2.45, 2.75) is 110 Å². The van der Waals surface area contributed by atoms with Crippen LogP contribution in [0.1, 0.15) is 110 Å². The van der Waals surface area contributed by atoms with E-state index in [0.29, 0.717) is 19.5 Å². The molecule has 0 aromatic carbocycles. The third kappa shape index (κ3) is 21.4. The molecule has 0 radical (unpaired) electrons. The minimum atomic E-state index is 0.189. The van der Waals surface area contributed by atoms with Crippen LogP contribution >= 0.6 is 0 Å². The van der Waals surface area contributed by atoms with E-state index in [2.05, 4.69) is 17.6 Å². The van der Waals surface area contributed by atoms with Gasteiger partial charge in [-0.15, -0.1) is 0 Å². The molecule has 0 aromatic heterocycles. The number of hydrogen-bond donors (Lipinski definition) is 3. The van der Waals surface area contributed by atoms with Crippen molar-refractivity contribution in [3.8, 4) is 0 Å². The molecule has 26 heavy (non-hydrogen) atoms. The maximum absolute atomic E-state index is 11.6. The van der Waals surface area contributed by atoms with Gasteiger partial charge in [-0.2, -0.15) is 0 Å². The van der Waals surface area contributed by atoms with Gasteiger partial charge in [0.1, 0.15) is 0 Å². The molecular weight excluding hydrogens is 322 g/mol. The second-order valence-electron chi connectivity index (χ2n) is 7.59. The van der Waals surface area contributed by atoms with Crippen molar-refractivity contribution in [1.82, 2.24) is 10.6 Å². The summed E-state index contributed by atoms with van der Waals surface area (Å²) in [5, 5.41) is 6.12. The van der Waals surface area contributed by atoms with Gasteiger partial charge in [0.05, 0.1) is 0 Å². The summed E-state index contributed by atoms with van der Waals surface area (Å²) in [7, 11) is 0. The summed E-state index contributed by atoms with van der Waals surface area (Å²) in [6, 6.07) is 0. The molecular formula is C22H47N3O. The highest BCUT2D eigenvalue weighted by molar-refractivity contribution is 5.75. The molecule has 0 fully saturated rings. The largest absolute Gasteiger partial charge is 0.355 e. The Balaban J connectivity index is 3.09. The van der Waals surface area contributed by atoms with Crippen LogP contribution in [0, 0.1) is 0 Å². The van der Waals surface area contributed by atoms with Crippen molar-refractivity contribution in [3.05, 3.63) is 0 Å². The summed E-state index contributed by atoms with van der Waals surface area (Å²) in [6.45, 7) is 5.25. The normalized spacial score (nSPS) is 11.0. The minimum absolute atomic E-state index is 0.189. The standard InChI is InChI=1S/C22H47N3O/c1-2-3-4-5-6-7-8-9-10-11-12-13-14-15-16-17-22(26)25-21-20-24-19-18-23/h24H,2-21,23H2,1H3,(H,25,26). The highest BCUT2D eigenvalue weighted by Gasteiger charge is 2.00. The molecule has 0 spiro atoms. The van der Waals surface area contributed by atoms with Crippen LogP contribution in [0.2, 0.25) is 0 Å². The molecule has 0 saturated heterocycles. The highest BCUT2D eigenvalue weighted by Crippen LogP contribution is 2.13. The first-order chi connectivity index (χ1) is 12.8. The number of nitrogens with one attached hydrogen (secondary N) is 2. The molecule has 0 aromatic rings. The molecule has 0 unspecified atom stereocenters. The van der Waals surface area contributed by atoms with Gasteiger partial charge in [0.25, 0.3) is 0 Å². The topological polar surface area (TPSA) is 67.2 Å². The molecule has 0 rings (SSSR count). The summed E-state index contributed by atoms with van der Waals surface area (Å²) in [5.74, 6) is 0.189. The molecule has 0 aliphatic heterocycles. The number of carbonyl (C=O) groups is 1. The van der Waals surface area contributed by atoms with Crippen LogP contribution in [0.15, 0.2) is 0 Å². The van der Waals surface area contributed by atoms with Gasteiger partial charge < -0.3 is 16.4 Å². The summed E-state index contributed by atoms with van der Waals surface area (Å²) in [4.78, 5) is 11.6. The molecule has 4 heteroatoms.